The standard InChI is InChI=1S/C15H23N3O/c1-5-13(17(3)4)15-16-12-10-11(2)6-7-14(12)18(15)8-9-19/h6-7,10,13,19H,5,8-9H2,1-4H3. The van der Waals surface area contributed by atoms with Crippen LogP contribution in [0.4, 0.5) is 0 Å². The van der Waals surface area contributed by atoms with Crippen LogP contribution in [0.1, 0.15) is 30.8 Å². The predicted octanol–water partition coefficient (Wildman–Crippen LogP) is 2.35. The fourth-order valence-electron chi connectivity index (χ4n) is 2.63. The first-order chi connectivity index (χ1) is 9.08. The van der Waals surface area contributed by atoms with Gasteiger partial charge in [-0.3, -0.25) is 4.90 Å². The molecule has 1 aromatic carbocycles. The molecule has 104 valence electrons. The van der Waals surface area contributed by atoms with Crippen LogP contribution in [0.5, 0.6) is 0 Å². The number of aryl methyl sites for hydroxylation is 1. The van der Waals surface area contributed by atoms with E-state index in [1.807, 2.05) is 0 Å². The quantitative estimate of drug-likeness (QED) is 0.898. The van der Waals surface area contributed by atoms with Crippen molar-refractivity contribution >= 4 is 11.0 Å². The molecule has 0 saturated heterocycles. The molecule has 1 aromatic heterocycles. The van der Waals surface area contributed by atoms with E-state index in [0.717, 1.165) is 23.3 Å². The summed E-state index contributed by atoms with van der Waals surface area (Å²) in [7, 11) is 4.14. The van der Waals surface area contributed by atoms with Gasteiger partial charge in [-0.25, -0.2) is 4.98 Å². The lowest BCUT2D eigenvalue weighted by Crippen LogP contribution is -2.23. The molecule has 1 heterocycles. The van der Waals surface area contributed by atoms with Crippen LogP contribution >= 0.6 is 0 Å². The highest BCUT2D eigenvalue weighted by Gasteiger charge is 2.20. The Morgan fingerprint density at radius 3 is 2.68 bits per heavy atom. The predicted molar refractivity (Wildman–Crippen MR) is 78.3 cm³/mol. The number of fused-ring (bicyclic) bond motifs is 1. The molecule has 0 spiro atoms. The molecule has 0 fully saturated rings. The maximum atomic E-state index is 9.31. The molecule has 1 unspecified atom stereocenters. The molecule has 1 atom stereocenters. The largest absolute Gasteiger partial charge is 0.395 e. The summed E-state index contributed by atoms with van der Waals surface area (Å²) in [5.41, 5.74) is 3.34. The van der Waals surface area contributed by atoms with Crippen LogP contribution in [0.25, 0.3) is 11.0 Å². The maximum Gasteiger partial charge on any atom is 0.127 e. The van der Waals surface area contributed by atoms with Crippen molar-refractivity contribution in [1.82, 2.24) is 14.5 Å². The molecule has 0 aliphatic heterocycles. The molecule has 2 rings (SSSR count). The second-order valence-corrected chi connectivity index (χ2v) is 5.23. The number of aliphatic hydroxyl groups excluding tert-OH is 1. The number of imidazole rings is 1. The summed E-state index contributed by atoms with van der Waals surface area (Å²) >= 11 is 0. The highest BCUT2D eigenvalue weighted by Crippen LogP contribution is 2.26. The van der Waals surface area contributed by atoms with Gasteiger partial charge in [0.1, 0.15) is 5.82 Å². The maximum absolute atomic E-state index is 9.31. The number of aliphatic hydroxyl groups is 1. The van der Waals surface area contributed by atoms with Crippen molar-refractivity contribution < 1.29 is 5.11 Å². The summed E-state index contributed by atoms with van der Waals surface area (Å²) in [5.74, 6) is 1.04. The van der Waals surface area contributed by atoms with Crippen LogP contribution in [-0.2, 0) is 6.54 Å². The zero-order chi connectivity index (χ0) is 14.0. The molecular formula is C15H23N3O. The Balaban J connectivity index is 2.61. The second-order valence-electron chi connectivity index (χ2n) is 5.23. The van der Waals surface area contributed by atoms with Gasteiger partial charge in [-0.1, -0.05) is 13.0 Å². The first-order valence-corrected chi connectivity index (χ1v) is 6.82. The molecule has 19 heavy (non-hydrogen) atoms. The van der Waals surface area contributed by atoms with E-state index in [-0.39, 0.29) is 12.6 Å². The molecule has 4 nitrogen and oxygen atoms in total. The topological polar surface area (TPSA) is 41.3 Å². The lowest BCUT2D eigenvalue weighted by Gasteiger charge is -2.23. The first kappa shape index (κ1) is 14.0. The molecule has 0 radical (unpaired) electrons. The minimum Gasteiger partial charge on any atom is -0.395 e. The van der Waals surface area contributed by atoms with Gasteiger partial charge in [-0.2, -0.15) is 0 Å². The van der Waals surface area contributed by atoms with Gasteiger partial charge in [0.25, 0.3) is 0 Å². The minimum atomic E-state index is 0.135. The van der Waals surface area contributed by atoms with E-state index >= 15 is 0 Å². The average molecular weight is 261 g/mol. The number of hydrogen-bond donors (Lipinski definition) is 1. The Morgan fingerprint density at radius 1 is 1.37 bits per heavy atom. The Kier molecular flexibility index (Phi) is 4.22. The molecule has 0 aliphatic rings. The Hall–Kier alpha value is -1.39. The third-order valence-corrected chi connectivity index (χ3v) is 3.56. The summed E-state index contributed by atoms with van der Waals surface area (Å²) in [6, 6.07) is 6.58. The van der Waals surface area contributed by atoms with Gasteiger partial charge in [-0.05, 0) is 45.1 Å². The SMILES string of the molecule is CCC(c1nc2cc(C)ccc2n1CCO)N(C)C. The zero-order valence-corrected chi connectivity index (χ0v) is 12.2. The van der Waals surface area contributed by atoms with Gasteiger partial charge < -0.3 is 9.67 Å². The number of aromatic nitrogens is 2. The molecule has 0 bridgehead atoms. The third kappa shape index (κ3) is 2.65. The fraction of sp³-hybridized carbons (Fsp3) is 0.533. The molecule has 0 aliphatic carbocycles. The lowest BCUT2D eigenvalue weighted by molar-refractivity contribution is 0.251. The van der Waals surface area contributed by atoms with E-state index in [0.29, 0.717) is 6.54 Å². The second kappa shape index (κ2) is 5.72. The van der Waals surface area contributed by atoms with Crippen LogP contribution in [0.15, 0.2) is 18.2 Å². The Labute approximate surface area is 114 Å². The van der Waals surface area contributed by atoms with E-state index < -0.39 is 0 Å². The minimum absolute atomic E-state index is 0.135. The first-order valence-electron chi connectivity index (χ1n) is 6.82. The smallest absolute Gasteiger partial charge is 0.127 e. The average Bonchev–Trinajstić information content (AvgIpc) is 2.68. The summed E-state index contributed by atoms with van der Waals surface area (Å²) < 4.78 is 2.14. The Morgan fingerprint density at radius 2 is 2.11 bits per heavy atom. The number of benzene rings is 1. The van der Waals surface area contributed by atoms with Crippen LogP contribution in [-0.4, -0.2) is 40.3 Å². The summed E-state index contributed by atoms with van der Waals surface area (Å²) in [6.07, 6.45) is 1.00. The van der Waals surface area contributed by atoms with Crippen molar-refractivity contribution in [2.45, 2.75) is 32.9 Å². The van der Waals surface area contributed by atoms with Gasteiger partial charge in [0.15, 0.2) is 0 Å². The van der Waals surface area contributed by atoms with Crippen molar-refractivity contribution in [3.63, 3.8) is 0 Å². The fourth-order valence-corrected chi connectivity index (χ4v) is 2.63. The van der Waals surface area contributed by atoms with E-state index in [4.69, 9.17) is 4.98 Å². The molecule has 0 amide bonds. The Bertz CT molecular complexity index is 560. The van der Waals surface area contributed by atoms with Crippen LogP contribution < -0.4 is 0 Å². The molecular weight excluding hydrogens is 238 g/mol. The third-order valence-electron chi connectivity index (χ3n) is 3.56. The van der Waals surface area contributed by atoms with E-state index in [9.17, 15) is 5.11 Å². The van der Waals surface area contributed by atoms with Crippen molar-refractivity contribution in [1.29, 1.82) is 0 Å². The van der Waals surface area contributed by atoms with E-state index in [1.54, 1.807) is 0 Å². The summed E-state index contributed by atoms with van der Waals surface area (Å²) in [5, 5.41) is 9.31. The highest BCUT2D eigenvalue weighted by molar-refractivity contribution is 5.77. The number of hydrogen-bond acceptors (Lipinski definition) is 3. The lowest BCUT2D eigenvalue weighted by atomic mass is 10.2. The summed E-state index contributed by atoms with van der Waals surface area (Å²) in [6.45, 7) is 4.97. The molecule has 0 saturated carbocycles. The van der Waals surface area contributed by atoms with Crippen LogP contribution in [0.3, 0.4) is 0 Å². The molecule has 1 N–H and O–H groups in total. The summed E-state index contributed by atoms with van der Waals surface area (Å²) in [4.78, 5) is 6.98. The van der Waals surface area contributed by atoms with Crippen LogP contribution in [0, 0.1) is 6.92 Å². The van der Waals surface area contributed by atoms with Crippen molar-refractivity contribution in [3.8, 4) is 0 Å². The number of nitrogens with zero attached hydrogens (tertiary/aromatic N) is 3. The molecule has 4 heteroatoms. The number of rotatable bonds is 5. The van der Waals surface area contributed by atoms with E-state index in [2.05, 4.69) is 55.6 Å². The van der Waals surface area contributed by atoms with Crippen molar-refractivity contribution in [3.05, 3.63) is 29.6 Å². The van der Waals surface area contributed by atoms with Gasteiger partial charge in [-0.15, -0.1) is 0 Å². The highest BCUT2D eigenvalue weighted by atomic mass is 16.3. The normalized spacial score (nSPS) is 13.4. The van der Waals surface area contributed by atoms with Crippen molar-refractivity contribution in [2.24, 2.45) is 0 Å². The van der Waals surface area contributed by atoms with Gasteiger partial charge in [0, 0.05) is 6.54 Å². The van der Waals surface area contributed by atoms with Gasteiger partial charge in [0.05, 0.1) is 23.7 Å². The monoisotopic (exact) mass is 261 g/mol. The van der Waals surface area contributed by atoms with Gasteiger partial charge >= 0.3 is 0 Å². The molecule has 2 aromatic rings. The van der Waals surface area contributed by atoms with Crippen LogP contribution in [0.2, 0.25) is 0 Å². The van der Waals surface area contributed by atoms with Gasteiger partial charge in [0.2, 0.25) is 0 Å². The van der Waals surface area contributed by atoms with Crippen molar-refractivity contribution in [2.75, 3.05) is 20.7 Å². The zero-order valence-electron chi connectivity index (χ0n) is 12.2. The van der Waals surface area contributed by atoms with E-state index in [1.165, 1.54) is 5.56 Å².